The number of thiophene rings is 1. The first-order valence-corrected chi connectivity index (χ1v) is 8.27. The standard InChI is InChI=1S/C17H17N3O3S/c1-9-4-5-10(2)13(6-9)18-14(21)8-20-16(22)12-7-11(3)24-15(12)19-17(20)23/h4-7H,8H2,1-3H3,(H,18,21)(H,19,23). The van der Waals surface area contributed by atoms with Crippen molar-refractivity contribution in [2.75, 3.05) is 5.32 Å². The molecule has 0 aliphatic heterocycles. The van der Waals surface area contributed by atoms with Gasteiger partial charge in [0.05, 0.1) is 5.39 Å². The third-order valence-electron chi connectivity index (χ3n) is 3.77. The number of benzene rings is 1. The summed E-state index contributed by atoms with van der Waals surface area (Å²) in [5, 5.41) is 3.19. The number of nitrogens with one attached hydrogen (secondary N) is 2. The van der Waals surface area contributed by atoms with E-state index < -0.39 is 17.2 Å². The Kier molecular flexibility index (Phi) is 4.11. The van der Waals surface area contributed by atoms with E-state index in [4.69, 9.17) is 0 Å². The van der Waals surface area contributed by atoms with Crippen LogP contribution in [-0.4, -0.2) is 15.5 Å². The number of carbonyl (C=O) groups excluding carboxylic acids is 1. The van der Waals surface area contributed by atoms with Crippen LogP contribution in [-0.2, 0) is 11.3 Å². The van der Waals surface area contributed by atoms with Crippen molar-refractivity contribution >= 4 is 33.1 Å². The summed E-state index contributed by atoms with van der Waals surface area (Å²) in [5.41, 5.74) is 1.58. The monoisotopic (exact) mass is 343 g/mol. The van der Waals surface area contributed by atoms with Crippen molar-refractivity contribution in [2.45, 2.75) is 27.3 Å². The summed E-state index contributed by atoms with van der Waals surface area (Å²) in [7, 11) is 0. The predicted octanol–water partition coefficient (Wildman–Crippen LogP) is 2.32. The van der Waals surface area contributed by atoms with Gasteiger partial charge in [0, 0.05) is 10.6 Å². The summed E-state index contributed by atoms with van der Waals surface area (Å²) < 4.78 is 0.926. The van der Waals surface area contributed by atoms with E-state index in [0.717, 1.165) is 20.6 Å². The fourth-order valence-electron chi connectivity index (χ4n) is 2.52. The molecule has 0 saturated carbocycles. The van der Waals surface area contributed by atoms with Gasteiger partial charge in [-0.15, -0.1) is 11.3 Å². The quantitative estimate of drug-likeness (QED) is 0.765. The zero-order valence-corrected chi connectivity index (χ0v) is 14.4. The van der Waals surface area contributed by atoms with E-state index >= 15 is 0 Å². The molecule has 1 amide bonds. The average molecular weight is 343 g/mol. The van der Waals surface area contributed by atoms with Crippen LogP contribution < -0.4 is 16.6 Å². The molecule has 24 heavy (non-hydrogen) atoms. The van der Waals surface area contributed by atoms with Crippen LogP contribution in [0.4, 0.5) is 5.69 Å². The summed E-state index contributed by atoms with van der Waals surface area (Å²) >= 11 is 1.34. The number of hydrogen-bond acceptors (Lipinski definition) is 4. The zero-order valence-electron chi connectivity index (χ0n) is 13.6. The van der Waals surface area contributed by atoms with Crippen molar-refractivity contribution in [3.8, 4) is 0 Å². The third kappa shape index (κ3) is 3.03. The molecule has 0 bridgehead atoms. The minimum absolute atomic E-state index is 0.327. The van der Waals surface area contributed by atoms with Gasteiger partial charge in [0.1, 0.15) is 11.4 Å². The summed E-state index contributed by atoms with van der Waals surface area (Å²) in [6, 6.07) is 7.43. The summed E-state index contributed by atoms with van der Waals surface area (Å²) in [4.78, 5) is 40.9. The van der Waals surface area contributed by atoms with Crippen molar-refractivity contribution in [1.82, 2.24) is 9.55 Å². The van der Waals surface area contributed by atoms with Crippen LogP contribution >= 0.6 is 11.3 Å². The van der Waals surface area contributed by atoms with E-state index in [-0.39, 0.29) is 6.54 Å². The maximum absolute atomic E-state index is 12.4. The fourth-order valence-corrected chi connectivity index (χ4v) is 3.41. The largest absolute Gasteiger partial charge is 0.329 e. The van der Waals surface area contributed by atoms with E-state index in [1.165, 1.54) is 11.3 Å². The molecular weight excluding hydrogens is 326 g/mol. The first-order chi connectivity index (χ1) is 11.3. The number of anilines is 1. The molecule has 2 heterocycles. The van der Waals surface area contributed by atoms with Gasteiger partial charge in [0.2, 0.25) is 5.91 Å². The summed E-state index contributed by atoms with van der Waals surface area (Å²) in [6.45, 7) is 5.34. The van der Waals surface area contributed by atoms with Crippen molar-refractivity contribution in [1.29, 1.82) is 0 Å². The molecule has 1 aromatic carbocycles. The molecule has 0 fully saturated rings. The van der Waals surface area contributed by atoms with Crippen LogP contribution in [0.15, 0.2) is 33.9 Å². The van der Waals surface area contributed by atoms with E-state index in [2.05, 4.69) is 10.3 Å². The fraction of sp³-hybridized carbons (Fsp3) is 0.235. The molecule has 2 aromatic heterocycles. The highest BCUT2D eigenvalue weighted by atomic mass is 32.1. The number of carbonyl (C=O) groups is 1. The molecule has 124 valence electrons. The van der Waals surface area contributed by atoms with E-state index in [1.54, 1.807) is 6.07 Å². The summed E-state index contributed by atoms with van der Waals surface area (Å²) in [6.07, 6.45) is 0. The van der Waals surface area contributed by atoms with Crippen LogP contribution in [0.5, 0.6) is 0 Å². The molecule has 7 heteroatoms. The highest BCUT2D eigenvalue weighted by Gasteiger charge is 2.13. The Morgan fingerprint density at radius 1 is 1.21 bits per heavy atom. The maximum Gasteiger partial charge on any atom is 0.329 e. The number of H-pyrrole nitrogens is 1. The molecule has 3 aromatic rings. The lowest BCUT2D eigenvalue weighted by atomic mass is 10.1. The second-order valence-corrected chi connectivity index (χ2v) is 7.04. The van der Waals surface area contributed by atoms with Gasteiger partial charge >= 0.3 is 5.69 Å². The summed E-state index contributed by atoms with van der Waals surface area (Å²) in [5.74, 6) is -0.414. The molecule has 6 nitrogen and oxygen atoms in total. The van der Waals surface area contributed by atoms with Crippen LogP contribution in [0.25, 0.3) is 10.2 Å². The average Bonchev–Trinajstić information content (AvgIpc) is 2.88. The molecule has 0 saturated heterocycles. The molecule has 0 aliphatic carbocycles. The van der Waals surface area contributed by atoms with E-state index in [9.17, 15) is 14.4 Å². The van der Waals surface area contributed by atoms with Crippen LogP contribution in [0.1, 0.15) is 16.0 Å². The molecule has 0 aliphatic rings. The predicted molar refractivity (Wildman–Crippen MR) is 96.0 cm³/mol. The number of aromatic amines is 1. The first kappa shape index (κ1) is 16.2. The highest BCUT2D eigenvalue weighted by molar-refractivity contribution is 7.18. The van der Waals surface area contributed by atoms with Gasteiger partial charge in [-0.3, -0.25) is 19.1 Å². The molecule has 0 spiro atoms. The lowest BCUT2D eigenvalue weighted by Crippen LogP contribution is -2.38. The van der Waals surface area contributed by atoms with Gasteiger partial charge in [-0.1, -0.05) is 12.1 Å². The van der Waals surface area contributed by atoms with E-state index in [0.29, 0.717) is 15.9 Å². The second kappa shape index (κ2) is 6.09. The van der Waals surface area contributed by atoms with Crippen molar-refractivity contribution in [3.05, 3.63) is 61.1 Å². The topological polar surface area (TPSA) is 84.0 Å². The van der Waals surface area contributed by atoms with E-state index in [1.807, 2.05) is 39.0 Å². The highest BCUT2D eigenvalue weighted by Crippen LogP contribution is 2.19. The van der Waals surface area contributed by atoms with Crippen molar-refractivity contribution in [2.24, 2.45) is 0 Å². The van der Waals surface area contributed by atoms with Crippen LogP contribution in [0.3, 0.4) is 0 Å². The Labute approximate surface area is 141 Å². The molecular formula is C17H17N3O3S. The van der Waals surface area contributed by atoms with Gasteiger partial charge in [-0.2, -0.15) is 0 Å². The number of nitrogens with zero attached hydrogens (tertiary/aromatic N) is 1. The number of aromatic nitrogens is 2. The number of amides is 1. The molecule has 0 atom stereocenters. The minimum atomic E-state index is -0.578. The van der Waals surface area contributed by atoms with Crippen LogP contribution in [0.2, 0.25) is 0 Å². The normalized spacial score (nSPS) is 11.0. The Balaban J connectivity index is 1.92. The molecule has 0 radical (unpaired) electrons. The van der Waals surface area contributed by atoms with Gasteiger partial charge in [0.15, 0.2) is 0 Å². The molecule has 2 N–H and O–H groups in total. The first-order valence-electron chi connectivity index (χ1n) is 7.45. The third-order valence-corrected chi connectivity index (χ3v) is 4.73. The maximum atomic E-state index is 12.4. The smallest absolute Gasteiger partial charge is 0.324 e. The lowest BCUT2D eigenvalue weighted by Gasteiger charge is -2.10. The number of rotatable bonds is 3. The Bertz CT molecular complexity index is 1060. The molecule has 3 rings (SSSR count). The van der Waals surface area contributed by atoms with Gasteiger partial charge < -0.3 is 5.32 Å². The Morgan fingerprint density at radius 3 is 2.71 bits per heavy atom. The van der Waals surface area contributed by atoms with Crippen molar-refractivity contribution < 1.29 is 4.79 Å². The number of fused-ring (bicyclic) bond motifs is 1. The van der Waals surface area contributed by atoms with Gasteiger partial charge in [0.25, 0.3) is 5.56 Å². The number of hydrogen-bond donors (Lipinski definition) is 2. The van der Waals surface area contributed by atoms with Gasteiger partial charge in [-0.05, 0) is 44.0 Å². The minimum Gasteiger partial charge on any atom is -0.324 e. The Hall–Kier alpha value is -2.67. The van der Waals surface area contributed by atoms with Gasteiger partial charge in [-0.25, -0.2) is 4.79 Å². The number of aryl methyl sites for hydroxylation is 3. The zero-order chi connectivity index (χ0) is 17.4. The SMILES string of the molecule is Cc1ccc(C)c(NC(=O)Cn2c(=O)[nH]c3sc(C)cc3c2=O)c1. The lowest BCUT2D eigenvalue weighted by molar-refractivity contribution is -0.116. The second-order valence-electron chi connectivity index (χ2n) is 5.79. The van der Waals surface area contributed by atoms with Crippen LogP contribution in [0, 0.1) is 20.8 Å². The van der Waals surface area contributed by atoms with Crippen molar-refractivity contribution in [3.63, 3.8) is 0 Å². The Morgan fingerprint density at radius 2 is 1.96 bits per heavy atom. The molecule has 0 unspecified atom stereocenters.